The number of alkyl halides is 12. The van der Waals surface area contributed by atoms with Crippen LogP contribution in [0, 0.1) is 23.3 Å². The smallest absolute Gasteiger partial charge is 0.442 e. The van der Waals surface area contributed by atoms with Crippen molar-refractivity contribution in [3.05, 3.63) is 70.8 Å². The predicted octanol–water partition coefficient (Wildman–Crippen LogP) is 8.25. The summed E-state index contributed by atoms with van der Waals surface area (Å²) in [7, 11) is -0.206. The third kappa shape index (κ3) is 4.75. The zero-order valence-corrected chi connectivity index (χ0v) is 18.5. The van der Waals surface area contributed by atoms with Gasteiger partial charge in [-0.1, -0.05) is 30.9 Å². The Labute approximate surface area is 206 Å². The molecule has 0 bridgehead atoms. The van der Waals surface area contributed by atoms with Crippen molar-refractivity contribution in [3.8, 4) is 5.75 Å². The first kappa shape index (κ1) is 32.0. The Bertz CT molecular complexity index is 1180. The number of halogens is 16. The molecule has 0 fully saturated rings. The van der Waals surface area contributed by atoms with Crippen LogP contribution in [-0.2, 0) is 15.9 Å². The third-order valence-electron chi connectivity index (χ3n) is 5.29. The number of methoxy groups -OCH3 is 1. The molecule has 0 heterocycles. The van der Waals surface area contributed by atoms with Crippen molar-refractivity contribution in [2.75, 3.05) is 7.11 Å². The molecule has 2 nitrogen and oxygen atoms in total. The van der Waals surface area contributed by atoms with Crippen LogP contribution in [0.2, 0.25) is 0 Å². The first-order valence-electron chi connectivity index (χ1n) is 9.56. The lowest BCUT2D eigenvalue weighted by Gasteiger charge is -2.39. The van der Waals surface area contributed by atoms with E-state index in [-0.39, 0.29) is 31.4 Å². The summed E-state index contributed by atoms with van der Waals surface area (Å²) in [4.78, 5) is 0. The number of hydrogen-bond acceptors (Lipinski definition) is 2. The lowest BCUT2D eigenvalue weighted by molar-refractivity contribution is -0.383. The van der Waals surface area contributed by atoms with Gasteiger partial charge < -0.3 is 9.47 Å². The van der Waals surface area contributed by atoms with Crippen molar-refractivity contribution in [2.24, 2.45) is 0 Å². The van der Waals surface area contributed by atoms with E-state index in [0.29, 0.717) is 0 Å². The summed E-state index contributed by atoms with van der Waals surface area (Å²) in [5, 5.41) is 0. The fourth-order valence-electron chi connectivity index (χ4n) is 3.51. The van der Waals surface area contributed by atoms with Crippen LogP contribution in [-0.4, -0.2) is 31.8 Å². The van der Waals surface area contributed by atoms with Gasteiger partial charge in [-0.25, -0.2) is 8.78 Å². The number of ether oxygens (including phenoxy) is 2. The van der Waals surface area contributed by atoms with E-state index in [1.807, 2.05) is 0 Å². The molecule has 0 aliphatic rings. The van der Waals surface area contributed by atoms with E-state index in [9.17, 15) is 70.2 Å². The Hall–Kier alpha value is -3.18. The lowest BCUT2D eigenvalue weighted by Crippen LogP contribution is -2.59. The van der Waals surface area contributed by atoms with E-state index in [4.69, 9.17) is 0 Å². The van der Waals surface area contributed by atoms with E-state index in [0.717, 1.165) is 0 Å². The summed E-state index contributed by atoms with van der Waals surface area (Å²) >= 11 is 0. The maximum atomic E-state index is 14.3. The van der Waals surface area contributed by atoms with E-state index in [1.165, 1.54) is 0 Å². The molecule has 2 rings (SSSR count). The number of hydrogen-bond donors (Lipinski definition) is 0. The van der Waals surface area contributed by atoms with Gasteiger partial charge in [0.05, 0.1) is 5.56 Å². The quantitative estimate of drug-likeness (QED) is 0.246. The summed E-state index contributed by atoms with van der Waals surface area (Å²) < 4.78 is 229. The molecular formula is C21H10F16O2. The molecule has 0 spiro atoms. The van der Waals surface area contributed by atoms with Crippen molar-refractivity contribution in [1.82, 2.24) is 0 Å². The second-order valence-corrected chi connectivity index (χ2v) is 7.44. The van der Waals surface area contributed by atoms with Crippen LogP contribution in [0.25, 0.3) is 6.08 Å². The molecule has 18 heteroatoms. The van der Waals surface area contributed by atoms with Gasteiger partial charge in [0.25, 0.3) is 5.60 Å². The summed E-state index contributed by atoms with van der Waals surface area (Å²) in [6, 6.07) is -1.63. The van der Waals surface area contributed by atoms with Crippen molar-refractivity contribution >= 4 is 6.08 Å². The normalized spacial score (nSPS) is 14.0. The largest absolute Gasteiger partial charge is 0.458 e. The molecule has 0 aliphatic carbocycles. The van der Waals surface area contributed by atoms with Crippen molar-refractivity contribution in [2.45, 2.75) is 35.9 Å². The van der Waals surface area contributed by atoms with Gasteiger partial charge in [0.1, 0.15) is 0 Å². The van der Waals surface area contributed by atoms with Crippen molar-refractivity contribution < 1.29 is 79.7 Å². The molecule has 0 N–H and O–H groups in total. The van der Waals surface area contributed by atoms with Crippen LogP contribution >= 0.6 is 0 Å². The molecule has 0 unspecified atom stereocenters. The van der Waals surface area contributed by atoms with Crippen LogP contribution in [0.15, 0.2) is 30.8 Å². The average Bonchev–Trinajstić information content (AvgIpc) is 2.75. The van der Waals surface area contributed by atoms with Crippen LogP contribution in [0.4, 0.5) is 70.2 Å². The van der Waals surface area contributed by atoms with Crippen LogP contribution in [0.5, 0.6) is 5.75 Å². The number of rotatable bonds is 6. The van der Waals surface area contributed by atoms with Gasteiger partial charge in [0.2, 0.25) is 11.6 Å². The number of benzene rings is 2. The molecule has 2 aromatic rings. The Balaban J connectivity index is 3.09. The second kappa shape index (κ2) is 9.78. The second-order valence-electron chi connectivity index (χ2n) is 7.44. The topological polar surface area (TPSA) is 18.5 Å². The van der Waals surface area contributed by atoms with E-state index >= 15 is 0 Å². The van der Waals surface area contributed by atoms with Crippen LogP contribution in [0.1, 0.15) is 16.7 Å². The van der Waals surface area contributed by atoms with Crippen molar-refractivity contribution in [1.29, 1.82) is 0 Å². The maximum Gasteiger partial charge on any atom is 0.442 e. The lowest BCUT2D eigenvalue weighted by atomic mass is 9.85. The van der Waals surface area contributed by atoms with E-state index < -0.39 is 87.7 Å². The zero-order chi connectivity index (χ0) is 30.6. The van der Waals surface area contributed by atoms with Gasteiger partial charge in [-0.3, -0.25) is 0 Å². The van der Waals surface area contributed by atoms with Gasteiger partial charge in [-0.05, 0) is 6.07 Å². The monoisotopic (exact) mass is 598 g/mol. The molecule has 0 amide bonds. The molecule has 0 aromatic heterocycles. The summed E-state index contributed by atoms with van der Waals surface area (Å²) in [6.07, 6.45) is -27.0. The fourth-order valence-corrected chi connectivity index (χ4v) is 3.51. The minimum absolute atomic E-state index is 0.0868. The van der Waals surface area contributed by atoms with Gasteiger partial charge >= 0.3 is 30.3 Å². The minimum atomic E-state index is -7.00. The molecule has 0 atom stereocenters. The van der Waals surface area contributed by atoms with Crippen LogP contribution < -0.4 is 4.74 Å². The van der Waals surface area contributed by atoms with E-state index in [2.05, 4.69) is 16.1 Å². The van der Waals surface area contributed by atoms with Gasteiger partial charge in [-0.2, -0.15) is 61.5 Å². The SMILES string of the molecule is C=Cc1c(F)c(F)c(OC(c2cccc(C(OC)(C(F)(F)F)C(F)(F)F)c2)(C(F)(F)F)C(F)(F)F)c(F)c1F. The highest BCUT2D eigenvalue weighted by Gasteiger charge is 2.77. The molecule has 0 aliphatic heterocycles. The molecule has 0 saturated carbocycles. The highest BCUT2D eigenvalue weighted by Crippen LogP contribution is 2.57. The first-order valence-corrected chi connectivity index (χ1v) is 9.56. The Morgan fingerprint density at radius 1 is 0.615 bits per heavy atom. The molecule has 39 heavy (non-hydrogen) atoms. The van der Waals surface area contributed by atoms with E-state index in [1.54, 1.807) is 0 Å². The molecule has 0 saturated heterocycles. The Morgan fingerprint density at radius 3 is 1.28 bits per heavy atom. The standard InChI is InChI=1S/C21H10F16O2/c1-3-10-11(22)13(24)15(14(25)12(10)23)39-17(20(32,33)34,21(35,36)37)9-6-4-5-8(7-9)16(38-2,18(26,27)28)19(29,30)31/h3-7H,1H2,2H3. The molecule has 0 radical (unpaired) electrons. The summed E-state index contributed by atoms with van der Waals surface area (Å²) in [5.41, 5.74) is -18.4. The predicted molar refractivity (Wildman–Crippen MR) is 98.0 cm³/mol. The summed E-state index contributed by atoms with van der Waals surface area (Å²) in [6.45, 7) is 2.74. The van der Waals surface area contributed by atoms with Gasteiger partial charge in [-0.15, -0.1) is 0 Å². The fraction of sp³-hybridized carbons (Fsp3) is 0.333. The first-order chi connectivity index (χ1) is 17.5. The maximum absolute atomic E-state index is 14.3. The third-order valence-corrected chi connectivity index (χ3v) is 5.29. The van der Waals surface area contributed by atoms with Crippen molar-refractivity contribution in [3.63, 3.8) is 0 Å². The van der Waals surface area contributed by atoms with Gasteiger partial charge in [0.15, 0.2) is 17.4 Å². The summed E-state index contributed by atoms with van der Waals surface area (Å²) in [5.74, 6) is -14.1. The minimum Gasteiger partial charge on any atom is -0.458 e. The average molecular weight is 598 g/mol. The molecule has 2 aromatic carbocycles. The molecule has 218 valence electrons. The van der Waals surface area contributed by atoms with Gasteiger partial charge in [0, 0.05) is 18.2 Å². The highest BCUT2D eigenvalue weighted by molar-refractivity contribution is 5.52. The van der Waals surface area contributed by atoms with Crippen LogP contribution in [0.3, 0.4) is 0 Å². The zero-order valence-electron chi connectivity index (χ0n) is 18.5. The highest BCUT2D eigenvalue weighted by atomic mass is 19.4. The Morgan fingerprint density at radius 2 is 0.974 bits per heavy atom. The Kier molecular flexibility index (Phi) is 8.03. The molecular weight excluding hydrogens is 588 g/mol.